The summed E-state index contributed by atoms with van der Waals surface area (Å²) in [5, 5.41) is 9.91. The number of hydrogen-bond acceptors (Lipinski definition) is 4. The lowest BCUT2D eigenvalue weighted by atomic mass is 9.98. The monoisotopic (exact) mass is 403 g/mol. The normalized spacial score (nSPS) is 18.4. The van der Waals surface area contributed by atoms with Crippen LogP contribution in [-0.2, 0) is 9.53 Å². The van der Waals surface area contributed by atoms with Gasteiger partial charge in [0.1, 0.15) is 5.75 Å². The Bertz CT molecular complexity index is 546. The van der Waals surface area contributed by atoms with Crippen molar-refractivity contribution in [3.63, 3.8) is 0 Å². The molecule has 1 N–H and O–H groups in total. The summed E-state index contributed by atoms with van der Waals surface area (Å²) in [4.78, 5) is 25.8. The van der Waals surface area contributed by atoms with Gasteiger partial charge in [-0.05, 0) is 60.1 Å². The van der Waals surface area contributed by atoms with Gasteiger partial charge in [0.15, 0.2) is 0 Å². The van der Waals surface area contributed by atoms with Crippen LogP contribution in [0.3, 0.4) is 0 Å². The van der Waals surface area contributed by atoms with Crippen molar-refractivity contribution in [3.05, 3.63) is 27.3 Å². The fourth-order valence-corrected chi connectivity index (χ4v) is 3.08. The SMILES string of the molecule is COC(=O)CC1CCCCN1C(=O)c1cc(I)ccc1O. The van der Waals surface area contributed by atoms with Gasteiger partial charge in [-0.15, -0.1) is 0 Å². The summed E-state index contributed by atoms with van der Waals surface area (Å²) >= 11 is 2.10. The number of hydrogen-bond donors (Lipinski definition) is 1. The van der Waals surface area contributed by atoms with Gasteiger partial charge in [0, 0.05) is 16.2 Å². The Labute approximate surface area is 137 Å². The van der Waals surface area contributed by atoms with Gasteiger partial charge in [-0.3, -0.25) is 9.59 Å². The first kappa shape index (κ1) is 16.1. The molecule has 0 aliphatic carbocycles. The van der Waals surface area contributed by atoms with E-state index in [-0.39, 0.29) is 30.1 Å². The highest BCUT2D eigenvalue weighted by Gasteiger charge is 2.30. The Morgan fingerprint density at radius 1 is 1.43 bits per heavy atom. The quantitative estimate of drug-likeness (QED) is 0.623. The number of piperidine rings is 1. The lowest BCUT2D eigenvalue weighted by molar-refractivity contribution is -0.142. The van der Waals surface area contributed by atoms with E-state index in [9.17, 15) is 14.7 Å². The molecule has 1 fully saturated rings. The van der Waals surface area contributed by atoms with Gasteiger partial charge >= 0.3 is 5.97 Å². The molecule has 0 saturated carbocycles. The Morgan fingerprint density at radius 2 is 2.19 bits per heavy atom. The summed E-state index contributed by atoms with van der Waals surface area (Å²) < 4.78 is 5.59. The second-order valence-corrected chi connectivity index (χ2v) is 6.34. The number of ether oxygens (including phenoxy) is 1. The van der Waals surface area contributed by atoms with E-state index in [4.69, 9.17) is 4.74 Å². The molecule has 21 heavy (non-hydrogen) atoms. The van der Waals surface area contributed by atoms with E-state index in [2.05, 4.69) is 22.6 Å². The van der Waals surface area contributed by atoms with Gasteiger partial charge in [-0.1, -0.05) is 0 Å². The third-order valence-corrected chi connectivity index (χ3v) is 4.38. The average Bonchev–Trinajstić information content (AvgIpc) is 2.49. The van der Waals surface area contributed by atoms with E-state index in [0.29, 0.717) is 12.1 Å². The van der Waals surface area contributed by atoms with Crippen molar-refractivity contribution in [3.8, 4) is 5.75 Å². The van der Waals surface area contributed by atoms with Crippen LogP contribution in [0.15, 0.2) is 18.2 Å². The summed E-state index contributed by atoms with van der Waals surface area (Å²) in [6, 6.07) is 4.78. The Kier molecular flexibility index (Phi) is 5.44. The molecule has 1 aromatic carbocycles. The van der Waals surface area contributed by atoms with Crippen LogP contribution >= 0.6 is 22.6 Å². The van der Waals surface area contributed by atoms with Gasteiger partial charge < -0.3 is 14.7 Å². The first-order valence-corrected chi connectivity index (χ1v) is 7.97. The molecule has 1 unspecified atom stereocenters. The maximum Gasteiger partial charge on any atom is 0.307 e. The first-order chi connectivity index (χ1) is 10.0. The molecule has 1 aliphatic rings. The summed E-state index contributed by atoms with van der Waals surface area (Å²) in [5.74, 6) is -0.561. The number of carbonyl (C=O) groups excluding carboxylic acids is 2. The largest absolute Gasteiger partial charge is 0.507 e. The van der Waals surface area contributed by atoms with E-state index in [1.165, 1.54) is 13.2 Å². The number of rotatable bonds is 3. The summed E-state index contributed by atoms with van der Waals surface area (Å²) in [7, 11) is 1.35. The molecule has 1 aromatic rings. The number of benzene rings is 1. The molecule has 114 valence electrons. The lowest BCUT2D eigenvalue weighted by Crippen LogP contribution is -2.44. The molecule has 0 bridgehead atoms. The topological polar surface area (TPSA) is 66.8 Å². The molecule has 1 aliphatic heterocycles. The molecule has 0 spiro atoms. The van der Waals surface area contributed by atoms with Crippen LogP contribution in [-0.4, -0.2) is 41.6 Å². The second-order valence-electron chi connectivity index (χ2n) is 5.09. The maximum atomic E-state index is 12.7. The van der Waals surface area contributed by atoms with Gasteiger partial charge in [-0.25, -0.2) is 0 Å². The number of nitrogens with zero attached hydrogens (tertiary/aromatic N) is 1. The number of likely N-dealkylation sites (tertiary alicyclic amines) is 1. The fourth-order valence-electron chi connectivity index (χ4n) is 2.59. The van der Waals surface area contributed by atoms with Crippen LogP contribution in [0.4, 0.5) is 0 Å². The number of aromatic hydroxyl groups is 1. The minimum atomic E-state index is -0.313. The molecule has 1 saturated heterocycles. The number of methoxy groups -OCH3 is 1. The van der Waals surface area contributed by atoms with E-state index in [1.807, 2.05) is 0 Å². The molecule has 5 nitrogen and oxygen atoms in total. The van der Waals surface area contributed by atoms with Crippen LogP contribution in [0.25, 0.3) is 0 Å². The van der Waals surface area contributed by atoms with Crippen LogP contribution in [0.1, 0.15) is 36.0 Å². The maximum absolute atomic E-state index is 12.7. The third-order valence-electron chi connectivity index (χ3n) is 3.71. The minimum Gasteiger partial charge on any atom is -0.507 e. The predicted molar refractivity (Wildman–Crippen MR) is 86.1 cm³/mol. The fraction of sp³-hybridized carbons (Fsp3) is 0.467. The number of esters is 1. The van der Waals surface area contributed by atoms with Crippen molar-refractivity contribution in [1.29, 1.82) is 0 Å². The molecule has 1 amide bonds. The lowest BCUT2D eigenvalue weighted by Gasteiger charge is -2.35. The van der Waals surface area contributed by atoms with Crippen LogP contribution in [0.2, 0.25) is 0 Å². The van der Waals surface area contributed by atoms with Crippen molar-refractivity contribution in [1.82, 2.24) is 4.90 Å². The predicted octanol–water partition coefficient (Wildman–Crippen LogP) is 2.55. The van der Waals surface area contributed by atoms with Gasteiger partial charge in [-0.2, -0.15) is 0 Å². The van der Waals surface area contributed by atoms with Crippen molar-refractivity contribution in [2.75, 3.05) is 13.7 Å². The molecule has 1 atom stereocenters. The zero-order chi connectivity index (χ0) is 15.4. The van der Waals surface area contributed by atoms with E-state index < -0.39 is 0 Å². The first-order valence-electron chi connectivity index (χ1n) is 6.89. The summed E-state index contributed by atoms with van der Waals surface area (Å²) in [6.07, 6.45) is 2.89. The molecular weight excluding hydrogens is 385 g/mol. The van der Waals surface area contributed by atoms with Gasteiger partial charge in [0.25, 0.3) is 5.91 Å². The zero-order valence-electron chi connectivity index (χ0n) is 11.8. The van der Waals surface area contributed by atoms with Crippen molar-refractivity contribution in [2.45, 2.75) is 31.7 Å². The van der Waals surface area contributed by atoms with Crippen LogP contribution in [0.5, 0.6) is 5.75 Å². The van der Waals surface area contributed by atoms with Crippen molar-refractivity contribution < 1.29 is 19.4 Å². The molecular formula is C15H18INO4. The van der Waals surface area contributed by atoms with Crippen LogP contribution < -0.4 is 0 Å². The number of phenolic OH excluding ortho intramolecular Hbond substituents is 1. The van der Waals surface area contributed by atoms with E-state index >= 15 is 0 Å². The number of carbonyl (C=O) groups is 2. The highest BCUT2D eigenvalue weighted by molar-refractivity contribution is 14.1. The van der Waals surface area contributed by atoms with Gasteiger partial charge in [0.05, 0.1) is 19.1 Å². The zero-order valence-corrected chi connectivity index (χ0v) is 14.0. The Hall–Kier alpha value is -1.31. The van der Waals surface area contributed by atoms with Crippen molar-refractivity contribution >= 4 is 34.5 Å². The number of phenols is 1. The molecule has 2 rings (SSSR count). The highest BCUT2D eigenvalue weighted by Crippen LogP contribution is 2.26. The molecule has 0 radical (unpaired) electrons. The van der Waals surface area contributed by atoms with E-state index in [0.717, 1.165) is 22.8 Å². The minimum absolute atomic E-state index is 0.0252. The number of halogens is 1. The molecule has 1 heterocycles. The Balaban J connectivity index is 2.22. The van der Waals surface area contributed by atoms with Gasteiger partial charge in [0.2, 0.25) is 0 Å². The molecule has 0 aromatic heterocycles. The van der Waals surface area contributed by atoms with Crippen molar-refractivity contribution in [2.24, 2.45) is 0 Å². The molecule has 6 heteroatoms. The second kappa shape index (κ2) is 7.11. The van der Waals surface area contributed by atoms with Crippen LogP contribution in [0, 0.1) is 3.57 Å². The smallest absolute Gasteiger partial charge is 0.307 e. The average molecular weight is 403 g/mol. The standard InChI is InChI=1S/C15H18INO4/c1-21-14(19)9-11-4-2-3-7-17(11)15(20)12-8-10(16)5-6-13(12)18/h5-6,8,11,18H,2-4,7,9H2,1H3. The highest BCUT2D eigenvalue weighted by atomic mass is 127. The van der Waals surface area contributed by atoms with E-state index in [1.54, 1.807) is 17.0 Å². The number of amides is 1. The third kappa shape index (κ3) is 3.87. The summed E-state index contributed by atoms with van der Waals surface area (Å²) in [6.45, 7) is 0.603. The summed E-state index contributed by atoms with van der Waals surface area (Å²) in [5.41, 5.74) is 0.290. The Morgan fingerprint density at radius 3 is 2.90 bits per heavy atom.